The SMILES string of the molecule is [2H]C([2H])([2H])c1ccc(-c2ccnc(-c3cc(-c4cccc5c4nc(-c4ccccc4O)n5-c4ccc(C([2H])([2H])[2H])cc4-c4ccccc4)c4oc5ccccc5c4c3)c2)cc1. The molecule has 10 rings (SSSR count). The molecule has 55 heavy (non-hydrogen) atoms. The van der Waals surface area contributed by atoms with Gasteiger partial charge in [0.1, 0.15) is 22.7 Å². The summed E-state index contributed by atoms with van der Waals surface area (Å²) in [6, 6.07) is 50.7. The quantitative estimate of drug-likeness (QED) is 0.186. The molecule has 0 atom stereocenters. The molecule has 3 aromatic heterocycles. The molecule has 0 radical (unpaired) electrons. The van der Waals surface area contributed by atoms with E-state index in [0.717, 1.165) is 55.3 Å². The Balaban J connectivity index is 1.23. The summed E-state index contributed by atoms with van der Waals surface area (Å²) in [6.07, 6.45) is 1.75. The van der Waals surface area contributed by atoms with Gasteiger partial charge in [-0.2, -0.15) is 0 Å². The van der Waals surface area contributed by atoms with Crippen molar-refractivity contribution in [3.8, 4) is 67.5 Å². The van der Waals surface area contributed by atoms with E-state index in [-0.39, 0.29) is 16.9 Å². The number of phenolic OH excluding ortho intramolecular Hbond substituents is 1. The zero-order chi connectivity index (χ0) is 42.0. The molecule has 0 saturated heterocycles. The standard InChI is InChI=1S/C50H35N3O2/c1-31-19-22-33(23-20-31)35-25-26-51-43(30-35)36-28-41-37-13-7-9-18-47(37)55-49(41)42(29-36)38-15-10-16-45-48(38)52-50(39-14-6-8-17-46(39)54)53(45)44-24-21-32(2)27-40(44)34-11-4-3-5-12-34/h3-30,54H,1-2H3/i1D3,2D3. The molecule has 5 heteroatoms. The molecule has 7 aromatic carbocycles. The van der Waals surface area contributed by atoms with Crippen molar-refractivity contribution in [1.29, 1.82) is 0 Å². The number of aryl methyl sites for hydroxylation is 2. The van der Waals surface area contributed by atoms with Crippen LogP contribution < -0.4 is 0 Å². The Morgan fingerprint density at radius 1 is 0.564 bits per heavy atom. The van der Waals surface area contributed by atoms with Gasteiger partial charge in [-0.05, 0) is 91.1 Å². The molecule has 0 fully saturated rings. The molecule has 0 spiro atoms. The van der Waals surface area contributed by atoms with Crippen molar-refractivity contribution in [2.75, 3.05) is 0 Å². The Labute approximate surface area is 326 Å². The molecule has 0 unspecified atom stereocenters. The molecule has 5 nitrogen and oxygen atoms in total. The summed E-state index contributed by atoms with van der Waals surface area (Å²) >= 11 is 0. The van der Waals surface area contributed by atoms with Crippen LogP contribution in [0.5, 0.6) is 5.75 Å². The minimum Gasteiger partial charge on any atom is -0.507 e. The minimum absolute atomic E-state index is 0.0432. The van der Waals surface area contributed by atoms with Crippen molar-refractivity contribution in [3.63, 3.8) is 0 Å². The Morgan fingerprint density at radius 2 is 1.35 bits per heavy atom. The molecule has 0 saturated carbocycles. The molecule has 0 amide bonds. The second-order valence-corrected chi connectivity index (χ2v) is 13.6. The average Bonchev–Trinajstić information content (AvgIpc) is 3.85. The number of rotatable bonds is 6. The average molecular weight is 716 g/mol. The van der Waals surface area contributed by atoms with Crippen LogP contribution in [0, 0.1) is 13.7 Å². The number of imidazole rings is 1. The van der Waals surface area contributed by atoms with Crippen molar-refractivity contribution in [3.05, 3.63) is 181 Å². The number of aromatic nitrogens is 3. The molecule has 0 aliphatic carbocycles. The van der Waals surface area contributed by atoms with Crippen LogP contribution in [0.15, 0.2) is 174 Å². The number of hydrogen-bond donors (Lipinski definition) is 1. The lowest BCUT2D eigenvalue weighted by Crippen LogP contribution is -2.01. The number of pyridine rings is 1. The Kier molecular flexibility index (Phi) is 6.27. The summed E-state index contributed by atoms with van der Waals surface area (Å²) in [5, 5.41) is 13.2. The summed E-state index contributed by atoms with van der Waals surface area (Å²) in [7, 11) is 0. The van der Waals surface area contributed by atoms with Gasteiger partial charge in [0.05, 0.1) is 28.0 Å². The topological polar surface area (TPSA) is 64.1 Å². The van der Waals surface area contributed by atoms with E-state index >= 15 is 0 Å². The number of benzene rings is 7. The van der Waals surface area contributed by atoms with Crippen LogP contribution in [-0.4, -0.2) is 19.6 Å². The summed E-state index contributed by atoms with van der Waals surface area (Å²) < 4.78 is 56.8. The van der Waals surface area contributed by atoms with E-state index in [1.165, 1.54) is 0 Å². The van der Waals surface area contributed by atoms with Gasteiger partial charge >= 0.3 is 0 Å². The monoisotopic (exact) mass is 715 g/mol. The zero-order valence-electron chi connectivity index (χ0n) is 35.4. The summed E-state index contributed by atoms with van der Waals surface area (Å²) in [4.78, 5) is 10.2. The predicted molar refractivity (Wildman–Crippen MR) is 224 cm³/mol. The molecule has 1 N–H and O–H groups in total. The van der Waals surface area contributed by atoms with E-state index in [0.29, 0.717) is 39.4 Å². The Bertz CT molecular complexity index is 3290. The summed E-state index contributed by atoms with van der Waals surface area (Å²) in [5.74, 6) is 0.511. The van der Waals surface area contributed by atoms with Gasteiger partial charge in [-0.15, -0.1) is 0 Å². The second-order valence-electron chi connectivity index (χ2n) is 13.6. The second kappa shape index (κ2) is 13.0. The lowest BCUT2D eigenvalue weighted by Gasteiger charge is -2.16. The molecule has 3 heterocycles. The van der Waals surface area contributed by atoms with E-state index < -0.39 is 13.7 Å². The Morgan fingerprint density at radius 3 is 2.20 bits per heavy atom. The molecular formula is C50H35N3O2. The number of para-hydroxylation sites is 3. The fraction of sp³-hybridized carbons (Fsp3) is 0.0400. The largest absolute Gasteiger partial charge is 0.507 e. The first-order valence-electron chi connectivity index (χ1n) is 21.0. The lowest BCUT2D eigenvalue weighted by atomic mass is 9.95. The molecule has 262 valence electrons. The first-order valence-corrected chi connectivity index (χ1v) is 18.0. The van der Waals surface area contributed by atoms with Crippen LogP contribution in [0.1, 0.15) is 19.4 Å². The maximum absolute atomic E-state index is 11.3. The van der Waals surface area contributed by atoms with Crippen molar-refractivity contribution in [2.45, 2.75) is 13.7 Å². The highest BCUT2D eigenvalue weighted by Crippen LogP contribution is 2.44. The maximum Gasteiger partial charge on any atom is 0.149 e. The van der Waals surface area contributed by atoms with Gasteiger partial charge in [0.25, 0.3) is 0 Å². The number of fused-ring (bicyclic) bond motifs is 4. The minimum atomic E-state index is -2.34. The van der Waals surface area contributed by atoms with Gasteiger partial charge in [0.2, 0.25) is 0 Å². The number of furan rings is 1. The van der Waals surface area contributed by atoms with Gasteiger partial charge in [-0.3, -0.25) is 9.55 Å². The molecule has 10 aromatic rings. The van der Waals surface area contributed by atoms with Crippen LogP contribution in [0.3, 0.4) is 0 Å². The molecule has 0 aliphatic heterocycles. The highest BCUT2D eigenvalue weighted by Gasteiger charge is 2.24. The first-order chi connectivity index (χ1) is 29.4. The summed E-state index contributed by atoms with van der Waals surface area (Å²) in [6.45, 7) is -4.54. The van der Waals surface area contributed by atoms with Crippen molar-refractivity contribution in [2.24, 2.45) is 0 Å². The van der Waals surface area contributed by atoms with Gasteiger partial charge in [0.15, 0.2) is 0 Å². The number of aromatic hydroxyl groups is 1. The van der Waals surface area contributed by atoms with Crippen LogP contribution in [-0.2, 0) is 0 Å². The van der Waals surface area contributed by atoms with E-state index in [1.54, 1.807) is 42.6 Å². The molecular weight excluding hydrogens is 675 g/mol. The molecule has 0 bridgehead atoms. The third-order valence-corrected chi connectivity index (χ3v) is 10.2. The fourth-order valence-corrected chi connectivity index (χ4v) is 7.59. The lowest BCUT2D eigenvalue weighted by molar-refractivity contribution is 0.477. The van der Waals surface area contributed by atoms with Crippen LogP contribution in [0.2, 0.25) is 0 Å². The third-order valence-electron chi connectivity index (χ3n) is 10.2. The van der Waals surface area contributed by atoms with Crippen molar-refractivity contribution < 1.29 is 17.7 Å². The highest BCUT2D eigenvalue weighted by atomic mass is 16.3. The van der Waals surface area contributed by atoms with Gasteiger partial charge in [0, 0.05) is 47.4 Å². The number of nitrogens with zero attached hydrogens (tertiary/aromatic N) is 3. The summed E-state index contributed by atoms with van der Waals surface area (Å²) in [5.41, 5.74) is 10.8. The zero-order valence-corrected chi connectivity index (χ0v) is 29.4. The van der Waals surface area contributed by atoms with Crippen molar-refractivity contribution >= 4 is 33.0 Å². The third kappa shape index (κ3) is 5.56. The predicted octanol–water partition coefficient (Wildman–Crippen LogP) is 13.0. The molecule has 0 aliphatic rings. The maximum atomic E-state index is 11.3. The van der Waals surface area contributed by atoms with E-state index in [9.17, 15) is 5.11 Å². The highest BCUT2D eigenvalue weighted by molar-refractivity contribution is 6.13. The van der Waals surface area contributed by atoms with Gasteiger partial charge in [-0.25, -0.2) is 4.98 Å². The van der Waals surface area contributed by atoms with E-state index in [1.807, 2.05) is 120 Å². The van der Waals surface area contributed by atoms with Gasteiger partial charge in [-0.1, -0.05) is 114 Å². The van der Waals surface area contributed by atoms with Crippen LogP contribution in [0.25, 0.3) is 94.7 Å². The van der Waals surface area contributed by atoms with Crippen LogP contribution >= 0.6 is 0 Å². The normalized spacial score (nSPS) is 13.6. The number of hydrogen-bond acceptors (Lipinski definition) is 4. The Hall–Kier alpha value is -7.24. The van der Waals surface area contributed by atoms with E-state index in [2.05, 4.69) is 12.1 Å². The smallest absolute Gasteiger partial charge is 0.149 e. The first kappa shape index (κ1) is 26.5. The van der Waals surface area contributed by atoms with Gasteiger partial charge < -0.3 is 9.52 Å². The van der Waals surface area contributed by atoms with Crippen LogP contribution in [0.4, 0.5) is 0 Å². The fourth-order valence-electron chi connectivity index (χ4n) is 7.59. The van der Waals surface area contributed by atoms with Crippen molar-refractivity contribution in [1.82, 2.24) is 14.5 Å². The number of phenols is 1. The van der Waals surface area contributed by atoms with E-state index in [4.69, 9.17) is 22.6 Å².